The molecular weight excluding hydrogens is 350 g/mol. The minimum atomic E-state index is -0.812. The van der Waals surface area contributed by atoms with Gasteiger partial charge >= 0.3 is 5.97 Å². The van der Waals surface area contributed by atoms with Crippen molar-refractivity contribution in [2.24, 2.45) is 0 Å². The van der Waals surface area contributed by atoms with Crippen LogP contribution in [-0.4, -0.2) is 52.0 Å². The highest BCUT2D eigenvalue weighted by atomic mass is 32.1. The molecule has 0 unspecified atom stereocenters. The number of carbonyl (C=O) groups excluding carboxylic acids is 1. The van der Waals surface area contributed by atoms with Crippen molar-refractivity contribution in [3.05, 3.63) is 40.9 Å². The molecule has 2 N–H and O–H groups in total. The molecular formula is C19H23N3O3S. The Morgan fingerprint density at radius 3 is 2.62 bits per heavy atom. The summed E-state index contributed by atoms with van der Waals surface area (Å²) in [6, 6.07) is 10.2. The standard InChI is InChI=1S/C19H23N3O3S/c1-3-22(11-16(23)24)15-9-14(10-15)21-18(25)17-12(2)20-19(26-17)13-7-5-4-6-8-13/h4-8,14-15H,3,9-11H2,1-2H3,(H,21,25)(H,23,24). The second-order valence-corrected chi connectivity index (χ2v) is 7.55. The molecule has 1 fully saturated rings. The largest absolute Gasteiger partial charge is 0.480 e. The molecule has 6 nitrogen and oxygen atoms in total. The fraction of sp³-hybridized carbons (Fsp3) is 0.421. The van der Waals surface area contributed by atoms with Gasteiger partial charge < -0.3 is 10.4 Å². The summed E-state index contributed by atoms with van der Waals surface area (Å²) in [5.74, 6) is -0.903. The van der Waals surface area contributed by atoms with Gasteiger partial charge in [0, 0.05) is 17.6 Å². The van der Waals surface area contributed by atoms with Crippen molar-refractivity contribution in [3.8, 4) is 10.6 Å². The lowest BCUT2D eigenvalue weighted by Crippen LogP contribution is -2.54. The number of hydrogen-bond donors (Lipinski definition) is 2. The third kappa shape index (κ3) is 4.11. The highest BCUT2D eigenvalue weighted by molar-refractivity contribution is 7.17. The first kappa shape index (κ1) is 18.5. The third-order valence-corrected chi connectivity index (χ3v) is 5.94. The molecule has 0 aliphatic heterocycles. The lowest BCUT2D eigenvalue weighted by Gasteiger charge is -2.42. The Morgan fingerprint density at radius 1 is 1.31 bits per heavy atom. The van der Waals surface area contributed by atoms with Gasteiger partial charge in [0.1, 0.15) is 9.88 Å². The molecule has 0 radical (unpaired) electrons. The second kappa shape index (κ2) is 7.97. The molecule has 138 valence electrons. The van der Waals surface area contributed by atoms with E-state index in [-0.39, 0.29) is 24.5 Å². The number of rotatable bonds is 7. The van der Waals surface area contributed by atoms with Crippen LogP contribution in [0.4, 0.5) is 0 Å². The number of thiazole rings is 1. The van der Waals surface area contributed by atoms with Gasteiger partial charge in [-0.2, -0.15) is 0 Å². The highest BCUT2D eigenvalue weighted by Gasteiger charge is 2.35. The Morgan fingerprint density at radius 2 is 2.00 bits per heavy atom. The van der Waals surface area contributed by atoms with Gasteiger partial charge in [-0.3, -0.25) is 14.5 Å². The summed E-state index contributed by atoms with van der Waals surface area (Å²) in [6.45, 7) is 4.57. The molecule has 3 rings (SSSR count). The number of carboxylic acids is 1. The van der Waals surface area contributed by atoms with Crippen LogP contribution in [0.1, 0.15) is 35.1 Å². The summed E-state index contributed by atoms with van der Waals surface area (Å²) in [5.41, 5.74) is 1.75. The number of nitrogens with zero attached hydrogens (tertiary/aromatic N) is 2. The number of carbonyl (C=O) groups is 2. The quantitative estimate of drug-likeness (QED) is 0.780. The monoisotopic (exact) mass is 373 g/mol. The molecule has 26 heavy (non-hydrogen) atoms. The van der Waals surface area contributed by atoms with E-state index in [1.54, 1.807) is 0 Å². The minimum absolute atomic E-state index is 0.0518. The molecule has 0 atom stereocenters. The molecule has 0 spiro atoms. The van der Waals surface area contributed by atoms with Gasteiger partial charge in [0.05, 0.1) is 12.2 Å². The van der Waals surface area contributed by atoms with Crippen molar-refractivity contribution in [3.63, 3.8) is 0 Å². The summed E-state index contributed by atoms with van der Waals surface area (Å²) < 4.78 is 0. The maximum absolute atomic E-state index is 12.6. The number of carboxylic acid groups (broad SMARTS) is 1. The van der Waals surface area contributed by atoms with Crippen LogP contribution >= 0.6 is 11.3 Å². The Hall–Kier alpha value is -2.25. The highest BCUT2D eigenvalue weighted by Crippen LogP contribution is 2.29. The van der Waals surface area contributed by atoms with Crippen molar-refractivity contribution in [2.45, 2.75) is 38.8 Å². The van der Waals surface area contributed by atoms with E-state index in [9.17, 15) is 9.59 Å². The van der Waals surface area contributed by atoms with Gasteiger partial charge in [0.15, 0.2) is 0 Å². The number of aliphatic carboxylic acids is 1. The van der Waals surface area contributed by atoms with Crippen LogP contribution in [0, 0.1) is 6.92 Å². The predicted octanol–water partition coefficient (Wildman–Crippen LogP) is 2.79. The van der Waals surface area contributed by atoms with Crippen LogP contribution in [0.5, 0.6) is 0 Å². The molecule has 1 amide bonds. The molecule has 0 saturated heterocycles. The number of hydrogen-bond acceptors (Lipinski definition) is 5. The number of benzene rings is 1. The molecule has 1 aromatic carbocycles. The summed E-state index contributed by atoms with van der Waals surface area (Å²) >= 11 is 1.41. The summed E-state index contributed by atoms with van der Waals surface area (Å²) in [5, 5.41) is 12.9. The number of aromatic nitrogens is 1. The second-order valence-electron chi connectivity index (χ2n) is 6.55. The maximum Gasteiger partial charge on any atom is 0.317 e. The topological polar surface area (TPSA) is 82.5 Å². The average molecular weight is 373 g/mol. The average Bonchev–Trinajstić information content (AvgIpc) is 2.98. The van der Waals surface area contributed by atoms with Gasteiger partial charge in [-0.05, 0) is 26.3 Å². The van der Waals surface area contributed by atoms with Gasteiger partial charge in [-0.15, -0.1) is 11.3 Å². The minimum Gasteiger partial charge on any atom is -0.480 e. The van der Waals surface area contributed by atoms with Crippen molar-refractivity contribution in [1.82, 2.24) is 15.2 Å². The van der Waals surface area contributed by atoms with E-state index in [0.29, 0.717) is 11.4 Å². The number of aryl methyl sites for hydroxylation is 1. The molecule has 1 aliphatic rings. The summed E-state index contributed by atoms with van der Waals surface area (Å²) in [7, 11) is 0. The zero-order valence-corrected chi connectivity index (χ0v) is 15.8. The van der Waals surface area contributed by atoms with Crippen LogP contribution in [0.3, 0.4) is 0 Å². The third-order valence-electron chi connectivity index (χ3n) is 4.73. The zero-order valence-electron chi connectivity index (χ0n) is 14.9. The SMILES string of the molecule is CCN(CC(=O)O)C1CC(NC(=O)c2sc(-c3ccccc3)nc2C)C1. The van der Waals surface area contributed by atoms with E-state index in [1.165, 1.54) is 11.3 Å². The Labute approximate surface area is 156 Å². The van der Waals surface area contributed by atoms with E-state index in [1.807, 2.05) is 49.1 Å². The van der Waals surface area contributed by atoms with Gasteiger partial charge in [-0.1, -0.05) is 37.3 Å². The first-order valence-electron chi connectivity index (χ1n) is 8.77. The maximum atomic E-state index is 12.6. The van der Waals surface area contributed by atoms with Gasteiger partial charge in [-0.25, -0.2) is 4.98 Å². The van der Waals surface area contributed by atoms with Crippen LogP contribution in [-0.2, 0) is 4.79 Å². The van der Waals surface area contributed by atoms with E-state index >= 15 is 0 Å². The number of amides is 1. The van der Waals surface area contributed by atoms with E-state index in [2.05, 4.69) is 10.3 Å². The predicted molar refractivity (Wildman–Crippen MR) is 101 cm³/mol. The first-order valence-corrected chi connectivity index (χ1v) is 9.59. The molecule has 0 bridgehead atoms. The van der Waals surface area contributed by atoms with Gasteiger partial charge in [0.2, 0.25) is 0 Å². The summed E-state index contributed by atoms with van der Waals surface area (Å²) in [4.78, 5) is 30.6. The zero-order chi connectivity index (χ0) is 18.7. The van der Waals surface area contributed by atoms with Crippen molar-refractivity contribution >= 4 is 23.2 Å². The fourth-order valence-electron chi connectivity index (χ4n) is 3.24. The molecule has 2 aromatic rings. The number of likely N-dealkylation sites (N-methyl/N-ethyl adjacent to an activating group) is 1. The van der Waals surface area contributed by atoms with E-state index in [0.717, 1.165) is 29.1 Å². The molecule has 1 heterocycles. The van der Waals surface area contributed by atoms with E-state index in [4.69, 9.17) is 5.11 Å². The van der Waals surface area contributed by atoms with E-state index < -0.39 is 5.97 Å². The molecule has 1 saturated carbocycles. The van der Waals surface area contributed by atoms with Crippen molar-refractivity contribution in [2.75, 3.05) is 13.1 Å². The molecule has 1 aliphatic carbocycles. The van der Waals surface area contributed by atoms with Crippen molar-refractivity contribution < 1.29 is 14.7 Å². The molecule has 1 aromatic heterocycles. The van der Waals surface area contributed by atoms with Crippen molar-refractivity contribution in [1.29, 1.82) is 0 Å². The normalized spacial score (nSPS) is 19.2. The van der Waals surface area contributed by atoms with Crippen LogP contribution in [0.25, 0.3) is 10.6 Å². The Bertz CT molecular complexity index is 785. The number of nitrogens with one attached hydrogen (secondary N) is 1. The van der Waals surface area contributed by atoms with Crippen LogP contribution in [0.15, 0.2) is 30.3 Å². The lowest BCUT2D eigenvalue weighted by molar-refractivity contribution is -0.139. The molecule has 7 heteroatoms. The first-order chi connectivity index (χ1) is 12.5. The summed E-state index contributed by atoms with van der Waals surface area (Å²) in [6.07, 6.45) is 1.58. The fourth-order valence-corrected chi connectivity index (χ4v) is 4.21. The van der Waals surface area contributed by atoms with Crippen LogP contribution < -0.4 is 5.32 Å². The lowest BCUT2D eigenvalue weighted by atomic mass is 9.85. The van der Waals surface area contributed by atoms with Crippen LogP contribution in [0.2, 0.25) is 0 Å². The Balaban J connectivity index is 1.58. The Kier molecular flexibility index (Phi) is 5.68. The van der Waals surface area contributed by atoms with Gasteiger partial charge in [0.25, 0.3) is 5.91 Å². The smallest absolute Gasteiger partial charge is 0.317 e.